The maximum absolute atomic E-state index is 7.68. The SMILES string of the molecule is Cc1cc(Cl)ccc1OCc1cccc(C(=N)N=NN)c1. The number of halogens is 1. The molecule has 0 saturated carbocycles. The molecule has 3 N–H and O–H groups in total. The Labute approximate surface area is 127 Å². The number of nitrogens with two attached hydrogens (primary N) is 1. The largest absolute Gasteiger partial charge is 0.489 e. The van der Waals surface area contributed by atoms with Gasteiger partial charge >= 0.3 is 0 Å². The van der Waals surface area contributed by atoms with Gasteiger partial charge in [-0.05, 0) is 42.3 Å². The second kappa shape index (κ2) is 6.85. The first-order valence-electron chi connectivity index (χ1n) is 6.28. The zero-order chi connectivity index (χ0) is 15.2. The summed E-state index contributed by atoms with van der Waals surface area (Å²) in [6.45, 7) is 2.33. The Morgan fingerprint density at radius 2 is 2.10 bits per heavy atom. The lowest BCUT2D eigenvalue weighted by Gasteiger charge is -2.10. The number of aryl methyl sites for hydroxylation is 1. The maximum Gasteiger partial charge on any atom is 0.176 e. The molecule has 0 unspecified atom stereocenters. The van der Waals surface area contributed by atoms with Crippen molar-refractivity contribution in [3.63, 3.8) is 0 Å². The quantitative estimate of drug-likeness (QED) is 0.295. The summed E-state index contributed by atoms with van der Waals surface area (Å²) in [6.07, 6.45) is 0. The summed E-state index contributed by atoms with van der Waals surface area (Å²) in [6, 6.07) is 12.8. The molecule has 0 aromatic heterocycles. The summed E-state index contributed by atoms with van der Waals surface area (Å²) < 4.78 is 5.76. The molecule has 0 aliphatic rings. The van der Waals surface area contributed by atoms with Gasteiger partial charge in [0, 0.05) is 10.6 Å². The summed E-state index contributed by atoms with van der Waals surface area (Å²) in [5.74, 6) is 5.75. The van der Waals surface area contributed by atoms with Crippen molar-refractivity contribution in [3.8, 4) is 5.75 Å². The summed E-state index contributed by atoms with van der Waals surface area (Å²) >= 11 is 5.91. The first-order valence-corrected chi connectivity index (χ1v) is 6.65. The number of ether oxygens (including phenoxy) is 1. The number of hydrogen-bond donors (Lipinski definition) is 2. The molecular weight excluding hydrogens is 288 g/mol. The lowest BCUT2D eigenvalue weighted by molar-refractivity contribution is 0.304. The third-order valence-electron chi connectivity index (χ3n) is 2.89. The molecule has 0 amide bonds. The van der Waals surface area contributed by atoms with Crippen LogP contribution in [0.5, 0.6) is 5.75 Å². The van der Waals surface area contributed by atoms with Gasteiger partial charge in [0.25, 0.3) is 0 Å². The summed E-state index contributed by atoms with van der Waals surface area (Å²) in [4.78, 5) is 0. The van der Waals surface area contributed by atoms with Crippen molar-refractivity contribution in [1.29, 1.82) is 5.41 Å². The minimum Gasteiger partial charge on any atom is -0.489 e. The smallest absolute Gasteiger partial charge is 0.176 e. The highest BCUT2D eigenvalue weighted by atomic mass is 35.5. The number of rotatable bonds is 4. The van der Waals surface area contributed by atoms with Crippen molar-refractivity contribution < 1.29 is 4.74 Å². The van der Waals surface area contributed by atoms with Crippen LogP contribution in [0.1, 0.15) is 16.7 Å². The third kappa shape index (κ3) is 4.03. The lowest BCUT2D eigenvalue weighted by Crippen LogP contribution is -2.00. The van der Waals surface area contributed by atoms with Gasteiger partial charge in [-0.3, -0.25) is 5.41 Å². The molecule has 0 aliphatic carbocycles. The van der Waals surface area contributed by atoms with E-state index in [2.05, 4.69) is 10.3 Å². The Morgan fingerprint density at radius 1 is 1.29 bits per heavy atom. The number of nitrogens with zero attached hydrogens (tertiary/aromatic N) is 2. The van der Waals surface area contributed by atoms with E-state index in [0.717, 1.165) is 16.9 Å². The Morgan fingerprint density at radius 3 is 2.81 bits per heavy atom. The van der Waals surface area contributed by atoms with E-state index in [9.17, 15) is 0 Å². The molecule has 0 heterocycles. The van der Waals surface area contributed by atoms with Crippen molar-refractivity contribution in [2.24, 2.45) is 16.2 Å². The van der Waals surface area contributed by atoms with Crippen LogP contribution < -0.4 is 10.6 Å². The van der Waals surface area contributed by atoms with Crippen LogP contribution in [0.15, 0.2) is 52.8 Å². The van der Waals surface area contributed by atoms with Gasteiger partial charge in [-0.2, -0.15) is 0 Å². The van der Waals surface area contributed by atoms with Crippen molar-refractivity contribution in [2.45, 2.75) is 13.5 Å². The van der Waals surface area contributed by atoms with Crippen LogP contribution in [0.25, 0.3) is 0 Å². The van der Waals surface area contributed by atoms with Crippen molar-refractivity contribution in [3.05, 3.63) is 64.2 Å². The number of amidine groups is 1. The second-order valence-electron chi connectivity index (χ2n) is 4.46. The van der Waals surface area contributed by atoms with Crippen LogP contribution in [0, 0.1) is 12.3 Å². The Balaban J connectivity index is 2.10. The van der Waals surface area contributed by atoms with Gasteiger partial charge in [0.05, 0.1) is 0 Å². The van der Waals surface area contributed by atoms with Crippen molar-refractivity contribution >= 4 is 17.4 Å². The fourth-order valence-electron chi connectivity index (χ4n) is 1.86. The number of nitrogens with one attached hydrogen (secondary N) is 1. The first-order chi connectivity index (χ1) is 10.1. The predicted octanol–water partition coefficient (Wildman–Crippen LogP) is 3.88. The van der Waals surface area contributed by atoms with E-state index in [0.29, 0.717) is 17.2 Å². The molecule has 0 saturated heterocycles. The molecule has 0 aliphatic heterocycles. The zero-order valence-electron chi connectivity index (χ0n) is 11.5. The zero-order valence-corrected chi connectivity index (χ0v) is 12.3. The average Bonchev–Trinajstić information content (AvgIpc) is 2.47. The van der Waals surface area contributed by atoms with Crippen molar-refractivity contribution in [2.75, 3.05) is 0 Å². The molecule has 0 bridgehead atoms. The topological polar surface area (TPSA) is 83.8 Å². The van der Waals surface area contributed by atoms with Gasteiger partial charge < -0.3 is 10.6 Å². The van der Waals surface area contributed by atoms with Crippen LogP contribution in [0.3, 0.4) is 0 Å². The molecule has 2 aromatic carbocycles. The summed E-state index contributed by atoms with van der Waals surface area (Å²) in [7, 11) is 0. The highest BCUT2D eigenvalue weighted by molar-refractivity contribution is 6.30. The third-order valence-corrected chi connectivity index (χ3v) is 3.12. The normalized spacial score (nSPS) is 10.8. The number of hydrogen-bond acceptors (Lipinski definition) is 3. The minimum atomic E-state index is 0.0158. The molecule has 5 nitrogen and oxygen atoms in total. The Hall–Kier alpha value is -2.40. The molecule has 21 heavy (non-hydrogen) atoms. The first kappa shape index (κ1) is 15.0. The molecule has 108 valence electrons. The van der Waals surface area contributed by atoms with Gasteiger partial charge in [-0.15, -0.1) is 5.11 Å². The fourth-order valence-corrected chi connectivity index (χ4v) is 2.09. The average molecular weight is 303 g/mol. The molecular formula is C15H15ClN4O. The van der Waals surface area contributed by atoms with Crippen LogP contribution in [0.4, 0.5) is 0 Å². The highest BCUT2D eigenvalue weighted by Gasteiger charge is 2.04. The standard InChI is InChI=1S/C15H15ClN4O/c1-10-7-13(16)5-6-14(10)21-9-11-3-2-4-12(8-11)15(17)19-20-18/h2-8H,9H2,1H3,(H3,17,18,19). The highest BCUT2D eigenvalue weighted by Crippen LogP contribution is 2.22. The van der Waals surface area contributed by atoms with E-state index in [-0.39, 0.29) is 5.84 Å². The van der Waals surface area contributed by atoms with Gasteiger partial charge in [-0.25, -0.2) is 0 Å². The molecule has 6 heteroatoms. The van der Waals surface area contributed by atoms with E-state index in [1.165, 1.54) is 0 Å². The van der Waals surface area contributed by atoms with E-state index in [1.54, 1.807) is 12.1 Å². The molecule has 0 radical (unpaired) electrons. The molecule has 0 fully saturated rings. The minimum absolute atomic E-state index is 0.0158. The number of benzene rings is 2. The molecule has 2 aromatic rings. The fraction of sp³-hybridized carbons (Fsp3) is 0.133. The van der Waals surface area contributed by atoms with Gasteiger partial charge in [0.15, 0.2) is 5.84 Å². The van der Waals surface area contributed by atoms with Gasteiger partial charge in [0.1, 0.15) is 12.4 Å². The Kier molecular flexibility index (Phi) is 4.90. The van der Waals surface area contributed by atoms with E-state index in [1.807, 2.05) is 37.3 Å². The van der Waals surface area contributed by atoms with Gasteiger partial charge in [-0.1, -0.05) is 35.0 Å². The van der Waals surface area contributed by atoms with Crippen LogP contribution >= 0.6 is 11.6 Å². The van der Waals surface area contributed by atoms with Crippen LogP contribution in [0.2, 0.25) is 5.02 Å². The lowest BCUT2D eigenvalue weighted by atomic mass is 10.1. The second-order valence-corrected chi connectivity index (χ2v) is 4.90. The summed E-state index contributed by atoms with van der Waals surface area (Å²) in [5.41, 5.74) is 2.54. The van der Waals surface area contributed by atoms with E-state index < -0.39 is 0 Å². The predicted molar refractivity (Wildman–Crippen MR) is 82.8 cm³/mol. The van der Waals surface area contributed by atoms with Gasteiger partial charge in [0.2, 0.25) is 0 Å². The van der Waals surface area contributed by atoms with E-state index in [4.69, 9.17) is 27.6 Å². The van der Waals surface area contributed by atoms with Crippen LogP contribution in [-0.4, -0.2) is 5.84 Å². The van der Waals surface area contributed by atoms with E-state index >= 15 is 0 Å². The maximum atomic E-state index is 7.68. The molecule has 2 rings (SSSR count). The monoisotopic (exact) mass is 302 g/mol. The van der Waals surface area contributed by atoms with Crippen LogP contribution in [-0.2, 0) is 6.61 Å². The molecule has 0 spiro atoms. The Bertz CT molecular complexity index is 685. The molecule has 0 atom stereocenters. The summed E-state index contributed by atoms with van der Waals surface area (Å²) in [5, 5.41) is 15.0. The van der Waals surface area contributed by atoms with Crippen molar-refractivity contribution in [1.82, 2.24) is 0 Å².